The van der Waals surface area contributed by atoms with E-state index in [9.17, 15) is 0 Å². The lowest BCUT2D eigenvalue weighted by molar-refractivity contribution is 0.610. The number of nitrogens with zero attached hydrogens (tertiary/aromatic N) is 4. The van der Waals surface area contributed by atoms with Crippen molar-refractivity contribution in [2.24, 2.45) is 12.0 Å². The molecule has 3 aromatic rings. The Balaban J connectivity index is 1.42. The van der Waals surface area contributed by atoms with Crippen molar-refractivity contribution in [2.45, 2.75) is 58.5 Å². The fraction of sp³-hybridized carbons (Fsp3) is 0.500. The van der Waals surface area contributed by atoms with Gasteiger partial charge in [-0.2, -0.15) is 0 Å². The van der Waals surface area contributed by atoms with Crippen molar-refractivity contribution < 1.29 is 0 Å². The van der Waals surface area contributed by atoms with E-state index < -0.39 is 0 Å². The quantitative estimate of drug-likeness (QED) is 0.444. The van der Waals surface area contributed by atoms with E-state index in [4.69, 9.17) is 4.99 Å². The Kier molecular flexibility index (Phi) is 5.83. The predicted molar refractivity (Wildman–Crippen MR) is 117 cm³/mol. The van der Waals surface area contributed by atoms with Crippen LogP contribution in [0.15, 0.2) is 29.4 Å². The molecule has 0 saturated heterocycles. The van der Waals surface area contributed by atoms with Gasteiger partial charge < -0.3 is 20.2 Å². The molecule has 0 bridgehead atoms. The van der Waals surface area contributed by atoms with Crippen LogP contribution in [0.3, 0.4) is 0 Å². The second-order valence-corrected chi connectivity index (χ2v) is 8.00. The van der Waals surface area contributed by atoms with Gasteiger partial charge in [0, 0.05) is 36.7 Å². The van der Waals surface area contributed by atoms with Crippen LogP contribution in [0.4, 0.5) is 0 Å². The highest BCUT2D eigenvalue weighted by Gasteiger charge is 2.16. The third-order valence-corrected chi connectivity index (χ3v) is 5.95. The van der Waals surface area contributed by atoms with Gasteiger partial charge in [-0.15, -0.1) is 10.2 Å². The standard InChI is InChI=1S/C22H31N7/c1-15-7-6-10-19-17(13-24-21(15)19)11-12-23-22(26-18-8-4-5-9-18)25-14-20-28-27-16(2)29(20)3/h6-7,10,13,18,24H,4-5,8-9,11-12,14H2,1-3H3,(H2,23,25,26). The monoisotopic (exact) mass is 393 g/mol. The first kappa shape index (κ1) is 19.5. The first-order chi connectivity index (χ1) is 14.1. The third-order valence-electron chi connectivity index (χ3n) is 5.95. The SMILES string of the molecule is Cc1cccc2c(CCNC(=NCc3nnc(C)n3C)NC3CCCC3)c[nH]c12. The molecular weight excluding hydrogens is 362 g/mol. The van der Waals surface area contributed by atoms with Crippen LogP contribution in [0.5, 0.6) is 0 Å². The van der Waals surface area contributed by atoms with Crippen LogP contribution in [-0.2, 0) is 20.0 Å². The van der Waals surface area contributed by atoms with Crippen LogP contribution in [0.25, 0.3) is 10.9 Å². The molecule has 1 aliphatic carbocycles. The summed E-state index contributed by atoms with van der Waals surface area (Å²) >= 11 is 0. The molecule has 1 aliphatic rings. The largest absolute Gasteiger partial charge is 0.361 e. The van der Waals surface area contributed by atoms with Gasteiger partial charge in [0.2, 0.25) is 0 Å². The number of guanidine groups is 1. The highest BCUT2D eigenvalue weighted by atomic mass is 15.3. The minimum absolute atomic E-state index is 0.512. The van der Waals surface area contributed by atoms with E-state index in [0.29, 0.717) is 12.6 Å². The zero-order chi connectivity index (χ0) is 20.2. The molecule has 7 nitrogen and oxygen atoms in total. The van der Waals surface area contributed by atoms with Crippen LogP contribution in [-0.4, -0.2) is 38.3 Å². The molecule has 0 aliphatic heterocycles. The van der Waals surface area contributed by atoms with Gasteiger partial charge in [0.25, 0.3) is 0 Å². The molecule has 0 spiro atoms. The molecule has 3 N–H and O–H groups in total. The number of nitrogens with one attached hydrogen (secondary N) is 3. The van der Waals surface area contributed by atoms with Crippen molar-refractivity contribution in [2.75, 3.05) is 6.54 Å². The molecule has 1 saturated carbocycles. The van der Waals surface area contributed by atoms with Gasteiger partial charge in [-0.25, -0.2) is 4.99 Å². The molecule has 0 atom stereocenters. The smallest absolute Gasteiger partial charge is 0.191 e. The Morgan fingerprint density at radius 3 is 2.83 bits per heavy atom. The maximum atomic E-state index is 4.79. The van der Waals surface area contributed by atoms with Gasteiger partial charge in [-0.1, -0.05) is 31.0 Å². The second kappa shape index (κ2) is 8.68. The number of benzene rings is 1. The molecule has 154 valence electrons. The summed E-state index contributed by atoms with van der Waals surface area (Å²) in [7, 11) is 1.98. The van der Waals surface area contributed by atoms with E-state index in [0.717, 1.165) is 30.6 Å². The van der Waals surface area contributed by atoms with Crippen LogP contribution in [0.1, 0.15) is 48.5 Å². The molecule has 1 fully saturated rings. The van der Waals surface area contributed by atoms with Crippen molar-refractivity contribution in [1.29, 1.82) is 0 Å². The first-order valence-electron chi connectivity index (χ1n) is 10.6. The second-order valence-electron chi connectivity index (χ2n) is 8.00. The number of fused-ring (bicyclic) bond motifs is 1. The Bertz CT molecular complexity index is 992. The van der Waals surface area contributed by atoms with Gasteiger partial charge in [-0.05, 0) is 44.2 Å². The number of para-hydroxylation sites is 1. The molecule has 0 amide bonds. The summed E-state index contributed by atoms with van der Waals surface area (Å²) in [5.41, 5.74) is 3.85. The maximum absolute atomic E-state index is 4.79. The van der Waals surface area contributed by atoms with Gasteiger partial charge in [0.1, 0.15) is 12.4 Å². The third kappa shape index (κ3) is 4.44. The number of aromatic amines is 1. The average Bonchev–Trinajstić information content (AvgIpc) is 3.44. The lowest BCUT2D eigenvalue weighted by Crippen LogP contribution is -2.43. The van der Waals surface area contributed by atoms with Crippen LogP contribution >= 0.6 is 0 Å². The summed E-state index contributed by atoms with van der Waals surface area (Å²) in [6, 6.07) is 6.97. The van der Waals surface area contributed by atoms with Gasteiger partial charge in [0.15, 0.2) is 11.8 Å². The first-order valence-corrected chi connectivity index (χ1v) is 10.6. The summed E-state index contributed by atoms with van der Waals surface area (Å²) in [6.45, 7) is 5.45. The molecular formula is C22H31N7. The highest BCUT2D eigenvalue weighted by Crippen LogP contribution is 2.21. The molecule has 0 radical (unpaired) electrons. The van der Waals surface area contributed by atoms with Gasteiger partial charge >= 0.3 is 0 Å². The molecule has 1 aromatic carbocycles. The van der Waals surface area contributed by atoms with E-state index >= 15 is 0 Å². The normalized spacial score (nSPS) is 15.3. The van der Waals surface area contributed by atoms with Gasteiger partial charge in [-0.3, -0.25) is 0 Å². The lowest BCUT2D eigenvalue weighted by Gasteiger charge is -2.17. The minimum atomic E-state index is 0.512. The van der Waals surface area contributed by atoms with Crippen LogP contribution in [0.2, 0.25) is 0 Å². The summed E-state index contributed by atoms with van der Waals surface area (Å²) < 4.78 is 1.99. The van der Waals surface area contributed by atoms with E-state index in [2.05, 4.69) is 57.1 Å². The molecule has 29 heavy (non-hydrogen) atoms. The summed E-state index contributed by atoms with van der Waals surface area (Å²) in [4.78, 5) is 8.21. The average molecular weight is 394 g/mol. The number of rotatable bonds is 6. The lowest BCUT2D eigenvalue weighted by atomic mass is 10.1. The molecule has 2 heterocycles. The molecule has 7 heteroatoms. The number of aliphatic imine (C=N–C) groups is 1. The van der Waals surface area contributed by atoms with Crippen LogP contribution in [0, 0.1) is 13.8 Å². The zero-order valence-electron chi connectivity index (χ0n) is 17.6. The minimum Gasteiger partial charge on any atom is -0.361 e. The van der Waals surface area contributed by atoms with E-state index in [-0.39, 0.29) is 0 Å². The predicted octanol–water partition coefficient (Wildman–Crippen LogP) is 3.13. The van der Waals surface area contributed by atoms with Crippen molar-refractivity contribution >= 4 is 16.9 Å². The Morgan fingerprint density at radius 1 is 1.24 bits per heavy atom. The number of H-pyrrole nitrogens is 1. The Labute approximate surface area is 172 Å². The highest BCUT2D eigenvalue weighted by molar-refractivity contribution is 5.86. The number of hydrogen-bond acceptors (Lipinski definition) is 3. The topological polar surface area (TPSA) is 82.9 Å². The molecule has 4 rings (SSSR count). The fourth-order valence-corrected chi connectivity index (χ4v) is 4.04. The number of aromatic nitrogens is 4. The summed E-state index contributed by atoms with van der Waals surface area (Å²) in [5.74, 6) is 2.65. The fourth-order valence-electron chi connectivity index (χ4n) is 4.04. The van der Waals surface area contributed by atoms with Crippen molar-refractivity contribution in [3.8, 4) is 0 Å². The number of hydrogen-bond donors (Lipinski definition) is 3. The van der Waals surface area contributed by atoms with E-state index in [1.54, 1.807) is 0 Å². The summed E-state index contributed by atoms with van der Waals surface area (Å²) in [5, 5.41) is 16.8. The van der Waals surface area contributed by atoms with Crippen molar-refractivity contribution in [3.63, 3.8) is 0 Å². The van der Waals surface area contributed by atoms with Gasteiger partial charge in [0.05, 0.1) is 0 Å². The Hall–Kier alpha value is -2.83. The zero-order valence-corrected chi connectivity index (χ0v) is 17.6. The summed E-state index contributed by atoms with van der Waals surface area (Å²) in [6.07, 6.45) is 8.09. The molecule has 2 aromatic heterocycles. The van der Waals surface area contributed by atoms with Crippen molar-refractivity contribution in [3.05, 3.63) is 47.2 Å². The molecule has 0 unspecified atom stereocenters. The van der Waals surface area contributed by atoms with E-state index in [1.165, 1.54) is 47.7 Å². The van der Waals surface area contributed by atoms with Crippen LogP contribution < -0.4 is 10.6 Å². The Morgan fingerprint density at radius 2 is 2.07 bits per heavy atom. The maximum Gasteiger partial charge on any atom is 0.191 e. The van der Waals surface area contributed by atoms with E-state index in [1.807, 2.05) is 18.5 Å². The number of aryl methyl sites for hydroxylation is 2. The van der Waals surface area contributed by atoms with Crippen molar-refractivity contribution in [1.82, 2.24) is 30.4 Å².